The zero-order valence-corrected chi connectivity index (χ0v) is 14.0. The van der Waals surface area contributed by atoms with Gasteiger partial charge in [-0.15, -0.1) is 0 Å². The highest BCUT2D eigenvalue weighted by Gasteiger charge is 2.30. The summed E-state index contributed by atoms with van der Waals surface area (Å²) in [5, 5.41) is 6.50. The normalized spacial score (nSPS) is 12.5. The van der Waals surface area contributed by atoms with Crippen LogP contribution in [0.1, 0.15) is 18.9 Å². The molecule has 2 rings (SSSR count). The van der Waals surface area contributed by atoms with E-state index in [9.17, 15) is 22.8 Å². The number of carbonyl (C=O) groups excluding carboxylic acids is 1. The van der Waals surface area contributed by atoms with Gasteiger partial charge in [-0.1, -0.05) is 6.07 Å². The number of carbonyl (C=O) groups is 1. The molecule has 0 radical (unpaired) electrons. The molecule has 1 atom stereocenters. The smallest absolute Gasteiger partial charge is 0.416 e. The molecule has 0 aliphatic rings. The highest BCUT2D eigenvalue weighted by atomic mass is 19.4. The number of hydrogen-bond donors (Lipinski definition) is 1. The van der Waals surface area contributed by atoms with Gasteiger partial charge in [-0.25, -0.2) is 4.68 Å². The average molecular weight is 369 g/mol. The second-order valence-electron chi connectivity index (χ2n) is 5.52. The lowest BCUT2D eigenvalue weighted by Crippen LogP contribution is -2.37. The number of aromatic nitrogens is 2. The van der Waals surface area contributed by atoms with Crippen molar-refractivity contribution in [2.45, 2.75) is 32.2 Å². The van der Waals surface area contributed by atoms with Crippen molar-refractivity contribution in [1.82, 2.24) is 15.1 Å². The molecule has 1 amide bonds. The topological polar surface area (TPSA) is 73.2 Å². The molecule has 9 heteroatoms. The van der Waals surface area contributed by atoms with Crippen LogP contribution in [0.25, 0.3) is 0 Å². The molecule has 1 aromatic carbocycles. The van der Waals surface area contributed by atoms with Gasteiger partial charge < -0.3 is 10.1 Å². The molecular weight excluding hydrogens is 351 g/mol. The van der Waals surface area contributed by atoms with Gasteiger partial charge in [0.1, 0.15) is 5.75 Å². The Balaban J connectivity index is 1.81. The van der Waals surface area contributed by atoms with Crippen LogP contribution in [0.4, 0.5) is 13.2 Å². The summed E-state index contributed by atoms with van der Waals surface area (Å²) in [6.07, 6.45) is -3.48. The van der Waals surface area contributed by atoms with Crippen molar-refractivity contribution >= 4 is 5.91 Å². The first-order valence-corrected chi connectivity index (χ1v) is 7.91. The third-order valence-electron chi connectivity index (χ3n) is 3.47. The summed E-state index contributed by atoms with van der Waals surface area (Å²) >= 11 is 0. The molecule has 1 heterocycles. The molecule has 0 fully saturated rings. The first kappa shape index (κ1) is 19.5. The van der Waals surface area contributed by atoms with Gasteiger partial charge >= 0.3 is 6.18 Å². The SMILES string of the molecule is CC(Oc1cccc(C(F)(F)F)c1)C(=O)NCCCn1ncccc1=O. The summed E-state index contributed by atoms with van der Waals surface area (Å²) in [5.41, 5.74) is -1.08. The molecule has 0 aliphatic carbocycles. The second kappa shape index (κ2) is 8.50. The molecule has 0 saturated heterocycles. The lowest BCUT2D eigenvalue weighted by atomic mass is 10.2. The van der Waals surface area contributed by atoms with E-state index in [1.165, 1.54) is 42.1 Å². The third kappa shape index (κ3) is 5.61. The van der Waals surface area contributed by atoms with E-state index in [0.29, 0.717) is 13.0 Å². The lowest BCUT2D eigenvalue weighted by molar-refractivity contribution is -0.137. The molecule has 0 bridgehead atoms. The van der Waals surface area contributed by atoms with Crippen LogP contribution in [-0.4, -0.2) is 28.3 Å². The number of rotatable bonds is 7. The van der Waals surface area contributed by atoms with Crippen molar-refractivity contribution in [3.63, 3.8) is 0 Å². The molecule has 0 aliphatic heterocycles. The molecule has 1 unspecified atom stereocenters. The van der Waals surface area contributed by atoms with Gasteiger partial charge in [0.15, 0.2) is 6.10 Å². The van der Waals surface area contributed by atoms with Gasteiger partial charge in [0.2, 0.25) is 0 Å². The Morgan fingerprint density at radius 1 is 1.31 bits per heavy atom. The predicted molar refractivity (Wildman–Crippen MR) is 87.7 cm³/mol. The largest absolute Gasteiger partial charge is 0.481 e. The third-order valence-corrected chi connectivity index (χ3v) is 3.47. The fraction of sp³-hybridized carbons (Fsp3) is 0.353. The van der Waals surface area contributed by atoms with Crippen LogP contribution < -0.4 is 15.6 Å². The standard InChI is InChI=1S/C17H18F3N3O3/c1-12(26-14-6-2-5-13(11-14)17(18,19)20)16(25)21-8-4-10-23-15(24)7-3-9-22-23/h2-3,5-7,9,11-12H,4,8,10H2,1H3,(H,21,25). The van der Waals surface area contributed by atoms with E-state index >= 15 is 0 Å². The summed E-state index contributed by atoms with van der Waals surface area (Å²) < 4.78 is 44.6. The second-order valence-corrected chi connectivity index (χ2v) is 5.52. The van der Waals surface area contributed by atoms with Gasteiger partial charge in [0.25, 0.3) is 11.5 Å². The van der Waals surface area contributed by atoms with E-state index in [0.717, 1.165) is 12.1 Å². The molecule has 1 N–H and O–H groups in total. The number of alkyl halides is 3. The Kier molecular flexibility index (Phi) is 6.37. The van der Waals surface area contributed by atoms with Crippen molar-refractivity contribution in [3.8, 4) is 5.75 Å². The molecule has 1 aromatic heterocycles. The molecule has 0 spiro atoms. The Labute approximate surface area is 147 Å². The number of hydrogen-bond acceptors (Lipinski definition) is 4. The summed E-state index contributed by atoms with van der Waals surface area (Å²) in [6, 6.07) is 7.26. The lowest BCUT2D eigenvalue weighted by Gasteiger charge is -2.16. The number of aryl methyl sites for hydroxylation is 1. The van der Waals surface area contributed by atoms with Crippen LogP contribution in [0, 0.1) is 0 Å². The Morgan fingerprint density at radius 3 is 2.77 bits per heavy atom. The van der Waals surface area contributed by atoms with E-state index in [1.807, 2.05) is 0 Å². The first-order chi connectivity index (χ1) is 12.3. The number of halogens is 3. The Morgan fingerprint density at radius 2 is 2.08 bits per heavy atom. The summed E-state index contributed by atoms with van der Waals surface area (Å²) in [5.74, 6) is -0.502. The summed E-state index contributed by atoms with van der Waals surface area (Å²) in [6.45, 7) is 2.06. The van der Waals surface area contributed by atoms with E-state index in [4.69, 9.17) is 4.74 Å². The predicted octanol–water partition coefficient (Wildman–Crippen LogP) is 2.24. The van der Waals surface area contributed by atoms with Crippen LogP contribution >= 0.6 is 0 Å². The number of benzene rings is 1. The van der Waals surface area contributed by atoms with Gasteiger partial charge in [-0.05, 0) is 37.6 Å². The average Bonchev–Trinajstić information content (AvgIpc) is 2.59. The van der Waals surface area contributed by atoms with Crippen LogP contribution in [0.3, 0.4) is 0 Å². The van der Waals surface area contributed by atoms with E-state index in [2.05, 4.69) is 10.4 Å². The van der Waals surface area contributed by atoms with E-state index in [1.54, 1.807) is 0 Å². The van der Waals surface area contributed by atoms with Crippen LogP contribution in [0.5, 0.6) is 5.75 Å². The highest BCUT2D eigenvalue weighted by Crippen LogP contribution is 2.31. The monoisotopic (exact) mass is 369 g/mol. The van der Waals surface area contributed by atoms with E-state index < -0.39 is 23.8 Å². The van der Waals surface area contributed by atoms with Crippen molar-refractivity contribution in [2.24, 2.45) is 0 Å². The van der Waals surface area contributed by atoms with Gasteiger partial charge in [-0.2, -0.15) is 18.3 Å². The van der Waals surface area contributed by atoms with E-state index in [-0.39, 0.29) is 17.9 Å². The molecular formula is C17H18F3N3O3. The maximum Gasteiger partial charge on any atom is 0.416 e. The Hall–Kier alpha value is -2.84. The van der Waals surface area contributed by atoms with Crippen molar-refractivity contribution in [1.29, 1.82) is 0 Å². The van der Waals surface area contributed by atoms with Crippen LogP contribution in [0.15, 0.2) is 47.4 Å². The zero-order valence-electron chi connectivity index (χ0n) is 14.0. The highest BCUT2D eigenvalue weighted by molar-refractivity contribution is 5.80. The fourth-order valence-corrected chi connectivity index (χ4v) is 2.14. The van der Waals surface area contributed by atoms with Crippen molar-refractivity contribution in [2.75, 3.05) is 6.54 Å². The van der Waals surface area contributed by atoms with Crippen LogP contribution in [0.2, 0.25) is 0 Å². The zero-order chi connectivity index (χ0) is 19.2. The Bertz CT molecular complexity index is 805. The number of amides is 1. The van der Waals surface area contributed by atoms with Crippen molar-refractivity contribution in [3.05, 3.63) is 58.5 Å². The maximum atomic E-state index is 12.7. The number of ether oxygens (including phenoxy) is 1. The minimum atomic E-state index is -4.48. The van der Waals surface area contributed by atoms with Crippen LogP contribution in [-0.2, 0) is 17.5 Å². The summed E-state index contributed by atoms with van der Waals surface area (Å²) in [4.78, 5) is 23.4. The minimum absolute atomic E-state index is 0.0393. The minimum Gasteiger partial charge on any atom is -0.481 e. The fourth-order valence-electron chi connectivity index (χ4n) is 2.14. The number of nitrogens with one attached hydrogen (secondary N) is 1. The summed E-state index contributed by atoms with van der Waals surface area (Å²) in [7, 11) is 0. The molecule has 2 aromatic rings. The van der Waals surface area contributed by atoms with Gasteiger partial charge in [0.05, 0.1) is 5.56 Å². The van der Waals surface area contributed by atoms with Gasteiger partial charge in [0, 0.05) is 25.4 Å². The molecule has 0 saturated carbocycles. The molecule has 26 heavy (non-hydrogen) atoms. The first-order valence-electron chi connectivity index (χ1n) is 7.91. The van der Waals surface area contributed by atoms with Gasteiger partial charge in [-0.3, -0.25) is 9.59 Å². The maximum absolute atomic E-state index is 12.7. The molecule has 140 valence electrons. The van der Waals surface area contributed by atoms with Crippen molar-refractivity contribution < 1.29 is 22.7 Å². The quantitative estimate of drug-likeness (QED) is 0.760. The molecule has 6 nitrogen and oxygen atoms in total. The number of nitrogens with zero attached hydrogens (tertiary/aromatic N) is 2.